The molecule has 1 aromatic heterocycles. The number of nitrogens with one attached hydrogen (secondary N) is 1. The molecule has 2 aromatic carbocycles. The quantitative estimate of drug-likeness (QED) is 0.533. The van der Waals surface area contributed by atoms with Crippen molar-refractivity contribution < 1.29 is 23.0 Å². The molecule has 1 saturated heterocycles. The number of methoxy groups -OCH3 is 1. The molecule has 0 saturated carbocycles. The van der Waals surface area contributed by atoms with E-state index in [-0.39, 0.29) is 17.9 Å². The second-order valence-electron chi connectivity index (χ2n) is 7.42. The highest BCUT2D eigenvalue weighted by Crippen LogP contribution is 2.30. The van der Waals surface area contributed by atoms with Crippen LogP contribution in [-0.4, -0.2) is 47.7 Å². The molecule has 10 heteroatoms. The molecule has 32 heavy (non-hydrogen) atoms. The average Bonchev–Trinajstić information content (AvgIpc) is 3.22. The van der Waals surface area contributed by atoms with Crippen LogP contribution in [0.2, 0.25) is 0 Å². The predicted octanol–water partition coefficient (Wildman–Crippen LogP) is 4.37. The number of benzene rings is 2. The number of hydrogen-bond acceptors (Lipinski definition) is 8. The number of rotatable bonds is 8. The predicted molar refractivity (Wildman–Crippen MR) is 117 cm³/mol. The number of morpholine rings is 1. The molecular formula is C22H24F2N4O3S. The summed E-state index contributed by atoms with van der Waals surface area (Å²) < 4.78 is 49.6. The first-order chi connectivity index (χ1) is 15.5. The van der Waals surface area contributed by atoms with Crippen molar-refractivity contribution >= 4 is 16.7 Å². The van der Waals surface area contributed by atoms with Gasteiger partial charge in [0.15, 0.2) is 17.4 Å². The fourth-order valence-electron chi connectivity index (χ4n) is 3.32. The molecule has 1 aliphatic heterocycles. The Morgan fingerprint density at radius 1 is 1.09 bits per heavy atom. The van der Waals surface area contributed by atoms with E-state index in [4.69, 9.17) is 14.2 Å². The van der Waals surface area contributed by atoms with Crippen molar-refractivity contribution in [1.82, 2.24) is 14.3 Å². The van der Waals surface area contributed by atoms with Crippen LogP contribution < -0.4 is 14.8 Å². The summed E-state index contributed by atoms with van der Waals surface area (Å²) in [7, 11) is 1.53. The van der Waals surface area contributed by atoms with E-state index in [9.17, 15) is 8.78 Å². The Bertz CT molecular complexity index is 1070. The van der Waals surface area contributed by atoms with E-state index >= 15 is 0 Å². The van der Waals surface area contributed by atoms with Crippen molar-refractivity contribution in [3.8, 4) is 17.2 Å². The Morgan fingerprint density at radius 2 is 1.88 bits per heavy atom. The molecule has 1 fully saturated rings. The molecule has 4 rings (SSSR count). The molecule has 0 bridgehead atoms. The molecule has 1 aliphatic rings. The molecule has 2 heterocycles. The first kappa shape index (κ1) is 22.4. The van der Waals surface area contributed by atoms with E-state index < -0.39 is 11.6 Å². The second-order valence-corrected chi connectivity index (χ2v) is 8.17. The molecule has 0 aliphatic carbocycles. The topological polar surface area (TPSA) is 68.7 Å². The fourth-order valence-corrected chi connectivity index (χ4v) is 3.89. The lowest BCUT2D eigenvalue weighted by Crippen LogP contribution is -2.35. The highest BCUT2D eigenvalue weighted by Gasteiger charge is 2.15. The molecule has 7 nitrogen and oxygen atoms in total. The lowest BCUT2D eigenvalue weighted by molar-refractivity contribution is 0.0332. The van der Waals surface area contributed by atoms with E-state index in [1.165, 1.54) is 18.6 Å². The van der Waals surface area contributed by atoms with Gasteiger partial charge in [-0.3, -0.25) is 4.90 Å². The summed E-state index contributed by atoms with van der Waals surface area (Å²) in [6.07, 6.45) is 0. The standard InChI is InChI=1S/C22H24F2N4O3S/c1-14-7-16(29-2)10-17(8-14)31-20-11-18(23)15(9-19(20)24)12-25-22-26-21(27-32-22)13-28-3-5-30-6-4-28/h7-11H,3-6,12-13H2,1-2H3,(H,25,26,27). The number of anilines is 1. The minimum atomic E-state index is -0.658. The Hall–Kier alpha value is -2.82. The summed E-state index contributed by atoms with van der Waals surface area (Å²) in [6, 6.07) is 7.33. The van der Waals surface area contributed by atoms with Gasteiger partial charge in [-0.25, -0.2) is 13.8 Å². The smallest absolute Gasteiger partial charge is 0.202 e. The van der Waals surface area contributed by atoms with Crippen molar-refractivity contribution in [2.24, 2.45) is 0 Å². The molecule has 0 atom stereocenters. The minimum absolute atomic E-state index is 0.0769. The summed E-state index contributed by atoms with van der Waals surface area (Å²) in [4.78, 5) is 6.65. The molecule has 1 N–H and O–H groups in total. The Balaban J connectivity index is 1.39. The zero-order valence-electron chi connectivity index (χ0n) is 17.9. The van der Waals surface area contributed by atoms with Crippen molar-refractivity contribution in [2.75, 3.05) is 38.7 Å². The van der Waals surface area contributed by atoms with Gasteiger partial charge in [0.25, 0.3) is 0 Å². The Labute approximate surface area is 189 Å². The van der Waals surface area contributed by atoms with Crippen LogP contribution in [0.1, 0.15) is 17.0 Å². The molecular weight excluding hydrogens is 438 g/mol. The molecule has 170 valence electrons. The van der Waals surface area contributed by atoms with Gasteiger partial charge in [-0.05, 0) is 30.7 Å². The number of ether oxygens (including phenoxy) is 3. The van der Waals surface area contributed by atoms with Crippen LogP contribution in [0.5, 0.6) is 17.2 Å². The summed E-state index contributed by atoms with van der Waals surface area (Å²) in [6.45, 7) is 5.68. The van der Waals surface area contributed by atoms with Gasteiger partial charge in [0.2, 0.25) is 5.13 Å². The third-order valence-electron chi connectivity index (χ3n) is 4.96. The second kappa shape index (κ2) is 10.2. The van der Waals surface area contributed by atoms with Crippen molar-refractivity contribution in [2.45, 2.75) is 20.0 Å². The lowest BCUT2D eigenvalue weighted by Gasteiger charge is -2.25. The maximum atomic E-state index is 14.6. The van der Waals surface area contributed by atoms with Crippen LogP contribution in [0.15, 0.2) is 30.3 Å². The van der Waals surface area contributed by atoms with Crippen LogP contribution >= 0.6 is 11.5 Å². The van der Waals surface area contributed by atoms with Crippen LogP contribution in [0, 0.1) is 18.6 Å². The lowest BCUT2D eigenvalue weighted by atomic mass is 10.2. The maximum absolute atomic E-state index is 14.6. The maximum Gasteiger partial charge on any atom is 0.202 e. The van der Waals surface area contributed by atoms with Crippen LogP contribution in [0.4, 0.5) is 13.9 Å². The van der Waals surface area contributed by atoms with Gasteiger partial charge in [-0.15, -0.1) is 0 Å². The normalized spacial score (nSPS) is 14.4. The van der Waals surface area contributed by atoms with Crippen molar-refractivity contribution in [1.29, 1.82) is 0 Å². The van der Waals surface area contributed by atoms with Crippen molar-refractivity contribution in [3.05, 3.63) is 58.9 Å². The van der Waals surface area contributed by atoms with E-state index in [1.807, 2.05) is 13.0 Å². The first-order valence-electron chi connectivity index (χ1n) is 10.2. The monoisotopic (exact) mass is 462 g/mol. The molecule has 3 aromatic rings. The highest BCUT2D eigenvalue weighted by molar-refractivity contribution is 7.09. The first-order valence-corrected chi connectivity index (χ1v) is 11.0. The van der Waals surface area contributed by atoms with Gasteiger partial charge in [-0.2, -0.15) is 4.37 Å². The van der Waals surface area contributed by atoms with Gasteiger partial charge in [0, 0.05) is 48.9 Å². The zero-order chi connectivity index (χ0) is 22.5. The van der Waals surface area contributed by atoms with E-state index in [0.717, 1.165) is 30.8 Å². The van der Waals surface area contributed by atoms with E-state index in [1.54, 1.807) is 12.1 Å². The third kappa shape index (κ3) is 5.70. The summed E-state index contributed by atoms with van der Waals surface area (Å²) in [5.74, 6) is 0.214. The van der Waals surface area contributed by atoms with E-state index in [0.29, 0.717) is 42.2 Å². The summed E-state index contributed by atoms with van der Waals surface area (Å²) in [5.41, 5.74) is 1.05. The summed E-state index contributed by atoms with van der Waals surface area (Å²) in [5, 5.41) is 3.57. The zero-order valence-corrected chi connectivity index (χ0v) is 18.7. The average molecular weight is 463 g/mol. The van der Waals surface area contributed by atoms with Gasteiger partial charge < -0.3 is 19.5 Å². The van der Waals surface area contributed by atoms with Gasteiger partial charge in [0.1, 0.15) is 17.3 Å². The number of aryl methyl sites for hydroxylation is 1. The van der Waals surface area contributed by atoms with Gasteiger partial charge in [0.05, 0.1) is 26.9 Å². The molecule has 0 spiro atoms. The number of nitrogens with zero attached hydrogens (tertiary/aromatic N) is 3. The van der Waals surface area contributed by atoms with Crippen LogP contribution in [0.3, 0.4) is 0 Å². The SMILES string of the molecule is COc1cc(C)cc(Oc2cc(F)c(CNc3nc(CN4CCOCC4)ns3)cc2F)c1. The van der Waals surface area contributed by atoms with Crippen LogP contribution in [-0.2, 0) is 17.8 Å². The highest BCUT2D eigenvalue weighted by atomic mass is 32.1. The number of aromatic nitrogens is 2. The number of hydrogen-bond donors (Lipinski definition) is 1. The number of halogens is 2. The third-order valence-corrected chi connectivity index (χ3v) is 5.67. The molecule has 0 radical (unpaired) electrons. The van der Waals surface area contributed by atoms with Crippen molar-refractivity contribution in [3.63, 3.8) is 0 Å². The Morgan fingerprint density at radius 3 is 2.66 bits per heavy atom. The fraction of sp³-hybridized carbons (Fsp3) is 0.364. The Kier molecular flexibility index (Phi) is 7.13. The minimum Gasteiger partial charge on any atom is -0.497 e. The van der Waals surface area contributed by atoms with E-state index in [2.05, 4.69) is 19.6 Å². The molecule has 0 amide bonds. The van der Waals surface area contributed by atoms with Crippen LogP contribution in [0.25, 0.3) is 0 Å². The van der Waals surface area contributed by atoms with Gasteiger partial charge in [-0.1, -0.05) is 0 Å². The molecule has 0 unspecified atom stereocenters. The summed E-state index contributed by atoms with van der Waals surface area (Å²) >= 11 is 1.19. The van der Waals surface area contributed by atoms with Gasteiger partial charge >= 0.3 is 0 Å². The largest absolute Gasteiger partial charge is 0.497 e.